The van der Waals surface area contributed by atoms with Gasteiger partial charge < -0.3 is 10.1 Å². The number of nitrogens with one attached hydrogen (secondary N) is 2. The lowest BCUT2D eigenvalue weighted by Crippen LogP contribution is -2.35. The highest BCUT2D eigenvalue weighted by Gasteiger charge is 2.25. The number of rotatable bonds is 6. The van der Waals surface area contributed by atoms with Crippen LogP contribution in [0.15, 0.2) is 29.6 Å². The van der Waals surface area contributed by atoms with Gasteiger partial charge in [0.15, 0.2) is 0 Å². The number of carbonyl (C=O) groups is 1. The zero-order valence-electron chi connectivity index (χ0n) is 17.6. The van der Waals surface area contributed by atoms with Crippen LogP contribution in [0.25, 0.3) is 0 Å². The van der Waals surface area contributed by atoms with Crippen LogP contribution in [-0.2, 0) is 27.8 Å². The lowest BCUT2D eigenvalue weighted by atomic mass is 9.93. The van der Waals surface area contributed by atoms with Gasteiger partial charge in [-0.05, 0) is 44.9 Å². The molecule has 160 valence electrons. The highest BCUT2D eigenvalue weighted by Crippen LogP contribution is 2.29. The first kappa shape index (κ1) is 23.3. The van der Waals surface area contributed by atoms with Crippen molar-refractivity contribution >= 4 is 34.4 Å². The van der Waals surface area contributed by atoms with Crippen molar-refractivity contribution in [2.75, 3.05) is 4.72 Å². The van der Waals surface area contributed by atoms with E-state index in [0.29, 0.717) is 12.1 Å². The summed E-state index contributed by atoms with van der Waals surface area (Å²) in [5, 5.41) is 5.75. The summed E-state index contributed by atoms with van der Waals surface area (Å²) in [4.78, 5) is 17.1. The highest BCUT2D eigenvalue weighted by molar-refractivity contribution is 7.80. The third-order valence-corrected chi connectivity index (χ3v) is 5.25. The standard InChI is InChI=1S/C20H29N3O4S2/c1-19(2,3)16-12-28-17(22-16)15(21-18(24)27-20(4,5)6)11-13-7-9-14(10-8-13)23-29(25)26/h7-10,12,15,23H,11H2,1-6H3,(H,21,24)(H,25,26)/t15-/m0/s1. The Morgan fingerprint density at radius 1 is 1.21 bits per heavy atom. The van der Waals surface area contributed by atoms with Crippen molar-refractivity contribution in [1.29, 1.82) is 0 Å². The number of carbonyl (C=O) groups excluding carboxylic acids is 1. The Labute approximate surface area is 178 Å². The molecule has 9 heteroatoms. The maximum absolute atomic E-state index is 12.4. The smallest absolute Gasteiger partial charge is 0.408 e. The predicted molar refractivity (Wildman–Crippen MR) is 117 cm³/mol. The molecule has 0 radical (unpaired) electrons. The largest absolute Gasteiger partial charge is 0.444 e. The van der Waals surface area contributed by atoms with E-state index in [9.17, 15) is 9.00 Å². The van der Waals surface area contributed by atoms with Crippen LogP contribution < -0.4 is 10.0 Å². The van der Waals surface area contributed by atoms with Gasteiger partial charge in [0.2, 0.25) is 0 Å². The summed E-state index contributed by atoms with van der Waals surface area (Å²) in [5.41, 5.74) is 1.78. The van der Waals surface area contributed by atoms with E-state index in [1.807, 2.05) is 38.3 Å². The van der Waals surface area contributed by atoms with Crippen LogP contribution >= 0.6 is 11.3 Å². The van der Waals surface area contributed by atoms with Gasteiger partial charge in [0.25, 0.3) is 11.3 Å². The summed E-state index contributed by atoms with van der Waals surface area (Å²) in [6.45, 7) is 11.7. The molecule has 7 nitrogen and oxygen atoms in total. The number of alkyl carbamates (subject to hydrolysis) is 1. The third kappa shape index (κ3) is 7.75. The number of thiazole rings is 1. The number of hydrogen-bond donors (Lipinski definition) is 3. The number of amides is 1. The molecule has 3 N–H and O–H groups in total. The van der Waals surface area contributed by atoms with Crippen molar-refractivity contribution in [3.05, 3.63) is 45.9 Å². The molecular formula is C20H29N3O4S2. The van der Waals surface area contributed by atoms with Crippen LogP contribution in [0.1, 0.15) is 63.8 Å². The van der Waals surface area contributed by atoms with E-state index in [2.05, 4.69) is 30.8 Å². The minimum atomic E-state index is -2.12. The van der Waals surface area contributed by atoms with E-state index in [1.54, 1.807) is 12.1 Å². The molecule has 0 bridgehead atoms. The van der Waals surface area contributed by atoms with Gasteiger partial charge in [-0.1, -0.05) is 32.9 Å². The van der Waals surface area contributed by atoms with E-state index < -0.39 is 23.0 Å². The number of hydrogen-bond acceptors (Lipinski definition) is 5. The van der Waals surface area contributed by atoms with Gasteiger partial charge in [-0.2, -0.15) is 0 Å². The zero-order valence-corrected chi connectivity index (χ0v) is 19.2. The SMILES string of the molecule is CC(C)(C)OC(=O)N[C@@H](Cc1ccc(NS(=O)O)cc1)c1nc(C(C)(C)C)cs1. The molecular weight excluding hydrogens is 410 g/mol. The fourth-order valence-corrected chi connectivity index (χ4v) is 3.92. The summed E-state index contributed by atoms with van der Waals surface area (Å²) in [7, 11) is 0. The fraction of sp³-hybridized carbons (Fsp3) is 0.500. The number of ether oxygens (including phenoxy) is 1. The Balaban J connectivity index is 2.23. The normalized spacial score (nSPS) is 14.2. The lowest BCUT2D eigenvalue weighted by molar-refractivity contribution is 0.0503. The second-order valence-corrected chi connectivity index (χ2v) is 10.4. The molecule has 0 saturated carbocycles. The quantitative estimate of drug-likeness (QED) is 0.562. The number of anilines is 1. The summed E-state index contributed by atoms with van der Waals surface area (Å²) in [6, 6.07) is 6.78. The molecule has 1 aromatic carbocycles. The summed E-state index contributed by atoms with van der Waals surface area (Å²) < 4.78 is 27.6. The van der Waals surface area contributed by atoms with Crippen molar-refractivity contribution in [3.63, 3.8) is 0 Å². The molecule has 0 aliphatic heterocycles. The van der Waals surface area contributed by atoms with Crippen LogP contribution in [0, 0.1) is 0 Å². The van der Waals surface area contributed by atoms with Gasteiger partial charge in [-0.3, -0.25) is 9.27 Å². The van der Waals surface area contributed by atoms with E-state index in [4.69, 9.17) is 14.3 Å². The van der Waals surface area contributed by atoms with Crippen molar-refractivity contribution < 1.29 is 18.3 Å². The number of benzene rings is 1. The van der Waals surface area contributed by atoms with Crippen LogP contribution in [-0.4, -0.2) is 25.4 Å². The van der Waals surface area contributed by atoms with E-state index in [1.165, 1.54) is 11.3 Å². The van der Waals surface area contributed by atoms with Crippen LogP contribution in [0.5, 0.6) is 0 Å². The Morgan fingerprint density at radius 2 is 1.83 bits per heavy atom. The minimum absolute atomic E-state index is 0.0848. The van der Waals surface area contributed by atoms with Gasteiger partial charge in [-0.15, -0.1) is 11.3 Å². The molecule has 1 amide bonds. The van der Waals surface area contributed by atoms with Crippen molar-refractivity contribution in [1.82, 2.24) is 10.3 Å². The molecule has 1 unspecified atom stereocenters. The van der Waals surface area contributed by atoms with Crippen LogP contribution in [0.3, 0.4) is 0 Å². The van der Waals surface area contributed by atoms with Gasteiger partial charge >= 0.3 is 6.09 Å². The average Bonchev–Trinajstić information content (AvgIpc) is 3.04. The molecule has 1 heterocycles. The lowest BCUT2D eigenvalue weighted by Gasteiger charge is -2.23. The number of nitrogens with zero attached hydrogens (tertiary/aromatic N) is 1. The van der Waals surface area contributed by atoms with Gasteiger partial charge in [0.05, 0.1) is 11.7 Å². The van der Waals surface area contributed by atoms with Crippen molar-refractivity contribution in [2.45, 2.75) is 65.0 Å². The van der Waals surface area contributed by atoms with Crippen LogP contribution in [0.2, 0.25) is 0 Å². The van der Waals surface area contributed by atoms with Crippen molar-refractivity contribution in [3.8, 4) is 0 Å². The van der Waals surface area contributed by atoms with E-state index >= 15 is 0 Å². The maximum Gasteiger partial charge on any atom is 0.408 e. The monoisotopic (exact) mass is 439 g/mol. The van der Waals surface area contributed by atoms with Crippen molar-refractivity contribution in [2.24, 2.45) is 0 Å². The fourth-order valence-electron chi connectivity index (χ4n) is 2.49. The molecule has 0 aliphatic carbocycles. The molecule has 2 atom stereocenters. The molecule has 1 aromatic heterocycles. The first-order valence-corrected chi connectivity index (χ1v) is 11.2. The Hall–Kier alpha value is -1.97. The summed E-state index contributed by atoms with van der Waals surface area (Å²) >= 11 is -0.611. The molecule has 0 saturated heterocycles. The zero-order chi connectivity index (χ0) is 21.8. The molecule has 0 spiro atoms. The molecule has 29 heavy (non-hydrogen) atoms. The highest BCUT2D eigenvalue weighted by atomic mass is 32.2. The maximum atomic E-state index is 12.4. The van der Waals surface area contributed by atoms with E-state index in [0.717, 1.165) is 16.3 Å². The average molecular weight is 440 g/mol. The molecule has 2 rings (SSSR count). The topological polar surface area (TPSA) is 101 Å². The second kappa shape index (κ2) is 9.23. The summed E-state index contributed by atoms with van der Waals surface area (Å²) in [5.74, 6) is 0. The first-order valence-electron chi connectivity index (χ1n) is 9.25. The van der Waals surface area contributed by atoms with Gasteiger partial charge in [0.1, 0.15) is 10.6 Å². The summed E-state index contributed by atoms with van der Waals surface area (Å²) in [6.07, 6.45) is 0.0164. The minimum Gasteiger partial charge on any atom is -0.444 e. The molecule has 0 aliphatic rings. The van der Waals surface area contributed by atoms with Gasteiger partial charge in [0, 0.05) is 16.5 Å². The first-order chi connectivity index (χ1) is 13.3. The molecule has 2 aromatic rings. The van der Waals surface area contributed by atoms with Crippen LogP contribution in [0.4, 0.5) is 10.5 Å². The Kier molecular flexibility index (Phi) is 7.42. The Morgan fingerprint density at radius 3 is 2.31 bits per heavy atom. The number of aromatic nitrogens is 1. The third-order valence-electron chi connectivity index (χ3n) is 3.88. The Bertz CT molecular complexity index is 852. The second-order valence-electron chi connectivity index (χ2n) is 8.77. The molecule has 0 fully saturated rings. The van der Waals surface area contributed by atoms with E-state index in [-0.39, 0.29) is 11.5 Å². The van der Waals surface area contributed by atoms with Gasteiger partial charge in [-0.25, -0.2) is 14.0 Å². The predicted octanol–water partition coefficient (Wildman–Crippen LogP) is 4.80.